The Bertz CT molecular complexity index is 1300. The lowest BCUT2D eigenvalue weighted by Gasteiger charge is -2.10. The van der Waals surface area contributed by atoms with Crippen molar-refractivity contribution in [2.45, 2.75) is 0 Å². The van der Waals surface area contributed by atoms with E-state index in [4.69, 9.17) is 16.3 Å². The summed E-state index contributed by atoms with van der Waals surface area (Å²) in [4.78, 5) is 35.0. The average molecular weight is 477 g/mol. The van der Waals surface area contributed by atoms with Crippen molar-refractivity contribution in [3.8, 4) is 11.8 Å². The molecule has 3 aromatic carbocycles. The maximum Gasteiger partial charge on any atom is 0.271 e. The molecule has 170 valence electrons. The van der Waals surface area contributed by atoms with Crippen LogP contribution in [0.4, 0.5) is 17.1 Å². The number of rotatable bonds is 8. The number of hydrogen-bond acceptors (Lipinski definition) is 6. The van der Waals surface area contributed by atoms with Gasteiger partial charge in [-0.2, -0.15) is 5.26 Å². The van der Waals surface area contributed by atoms with Gasteiger partial charge in [-0.15, -0.1) is 0 Å². The van der Waals surface area contributed by atoms with Crippen molar-refractivity contribution in [2.24, 2.45) is 0 Å². The van der Waals surface area contributed by atoms with Crippen LogP contribution in [0.2, 0.25) is 5.02 Å². The van der Waals surface area contributed by atoms with Crippen LogP contribution in [0.25, 0.3) is 6.08 Å². The Hall–Kier alpha value is -4.68. The third kappa shape index (κ3) is 6.41. The van der Waals surface area contributed by atoms with Gasteiger partial charge >= 0.3 is 0 Å². The highest BCUT2D eigenvalue weighted by Crippen LogP contribution is 2.27. The first-order chi connectivity index (χ1) is 16.4. The summed E-state index contributed by atoms with van der Waals surface area (Å²) in [6.07, 6.45) is 1.30. The Morgan fingerprint density at radius 1 is 1.06 bits per heavy atom. The molecule has 9 nitrogen and oxygen atoms in total. The van der Waals surface area contributed by atoms with Gasteiger partial charge in [0.2, 0.25) is 0 Å². The summed E-state index contributed by atoms with van der Waals surface area (Å²) >= 11 is 6.00. The van der Waals surface area contributed by atoms with Crippen molar-refractivity contribution in [1.29, 1.82) is 5.26 Å². The predicted molar refractivity (Wildman–Crippen MR) is 127 cm³/mol. The lowest BCUT2D eigenvalue weighted by atomic mass is 10.1. The van der Waals surface area contributed by atoms with Crippen molar-refractivity contribution >= 4 is 46.6 Å². The number of anilines is 2. The van der Waals surface area contributed by atoms with E-state index in [0.29, 0.717) is 17.0 Å². The maximum absolute atomic E-state index is 12.6. The molecule has 0 radical (unpaired) electrons. The minimum atomic E-state index is -0.769. The molecule has 0 bridgehead atoms. The Kier molecular flexibility index (Phi) is 7.94. The molecule has 0 unspecified atom stereocenters. The van der Waals surface area contributed by atoms with E-state index < -0.39 is 10.8 Å². The quantitative estimate of drug-likeness (QED) is 0.207. The van der Waals surface area contributed by atoms with E-state index in [2.05, 4.69) is 10.6 Å². The second-order valence-electron chi connectivity index (χ2n) is 6.79. The third-order valence-electron chi connectivity index (χ3n) is 4.41. The molecule has 2 amide bonds. The molecule has 2 N–H and O–H groups in total. The molecule has 34 heavy (non-hydrogen) atoms. The SMILES string of the molecule is N#CC(=Cc1ccccc1OCC(=O)Nc1ccccc1)C(=O)Nc1ccc([N+](=O)[O-])cc1Cl. The molecule has 0 saturated carbocycles. The molecule has 0 aliphatic heterocycles. The fourth-order valence-electron chi connectivity index (χ4n) is 2.81. The van der Waals surface area contributed by atoms with Gasteiger partial charge in [-0.1, -0.05) is 48.0 Å². The monoisotopic (exact) mass is 476 g/mol. The Morgan fingerprint density at radius 2 is 1.76 bits per heavy atom. The topological polar surface area (TPSA) is 134 Å². The molecule has 0 heterocycles. The normalized spacial score (nSPS) is 10.6. The third-order valence-corrected chi connectivity index (χ3v) is 4.72. The number of ether oxygens (including phenoxy) is 1. The van der Waals surface area contributed by atoms with E-state index in [0.717, 1.165) is 6.07 Å². The fraction of sp³-hybridized carbons (Fsp3) is 0.0417. The van der Waals surface area contributed by atoms with Crippen molar-refractivity contribution in [2.75, 3.05) is 17.2 Å². The van der Waals surface area contributed by atoms with E-state index in [1.54, 1.807) is 48.5 Å². The molecule has 0 aromatic heterocycles. The summed E-state index contributed by atoms with van der Waals surface area (Å²) in [5.41, 5.74) is 0.635. The molecular weight excluding hydrogens is 460 g/mol. The van der Waals surface area contributed by atoms with Gasteiger partial charge in [0.25, 0.3) is 17.5 Å². The zero-order valence-corrected chi connectivity index (χ0v) is 18.3. The van der Waals surface area contributed by atoms with Gasteiger partial charge in [0.1, 0.15) is 17.4 Å². The van der Waals surface area contributed by atoms with Crippen LogP contribution in [0.5, 0.6) is 5.75 Å². The molecule has 0 atom stereocenters. The summed E-state index contributed by atoms with van der Waals surface area (Å²) in [6.45, 7) is -0.285. The number of para-hydroxylation sites is 2. The van der Waals surface area contributed by atoms with Crippen LogP contribution in [0.15, 0.2) is 78.4 Å². The summed E-state index contributed by atoms with van der Waals surface area (Å²) in [5, 5.41) is 25.4. The number of non-ortho nitro benzene ring substituents is 1. The Balaban J connectivity index is 1.72. The minimum absolute atomic E-state index is 0.0481. The van der Waals surface area contributed by atoms with Crippen LogP contribution in [0, 0.1) is 21.4 Å². The van der Waals surface area contributed by atoms with E-state index in [1.807, 2.05) is 12.1 Å². The lowest BCUT2D eigenvalue weighted by Crippen LogP contribution is -2.20. The second kappa shape index (κ2) is 11.3. The van der Waals surface area contributed by atoms with Crippen LogP contribution < -0.4 is 15.4 Å². The molecule has 0 fully saturated rings. The number of carbonyl (C=O) groups is 2. The smallest absolute Gasteiger partial charge is 0.271 e. The van der Waals surface area contributed by atoms with E-state index in [1.165, 1.54) is 18.2 Å². The average Bonchev–Trinajstić information content (AvgIpc) is 2.83. The van der Waals surface area contributed by atoms with Gasteiger partial charge in [0.15, 0.2) is 6.61 Å². The number of nitrogens with one attached hydrogen (secondary N) is 2. The van der Waals surface area contributed by atoms with Crippen molar-refractivity contribution in [3.63, 3.8) is 0 Å². The van der Waals surface area contributed by atoms with Crippen molar-refractivity contribution in [3.05, 3.63) is 99.1 Å². The standard InChI is InChI=1S/C24H17ClN4O5/c25-20-13-19(29(32)33)10-11-21(20)28-24(31)17(14-26)12-16-6-4-5-9-22(16)34-15-23(30)27-18-7-2-1-3-8-18/h1-13H,15H2,(H,27,30)(H,28,31). The largest absolute Gasteiger partial charge is 0.483 e. The van der Waals surface area contributed by atoms with E-state index in [9.17, 15) is 25.0 Å². The number of halogens is 1. The van der Waals surface area contributed by atoms with E-state index in [-0.39, 0.29) is 34.5 Å². The van der Waals surface area contributed by atoms with Crippen LogP contribution in [-0.2, 0) is 9.59 Å². The summed E-state index contributed by atoms with van der Waals surface area (Å²) in [7, 11) is 0. The van der Waals surface area contributed by atoms with Crippen LogP contribution >= 0.6 is 11.6 Å². The molecule has 3 aromatic rings. The lowest BCUT2D eigenvalue weighted by molar-refractivity contribution is -0.384. The minimum Gasteiger partial charge on any atom is -0.483 e. The first-order valence-corrected chi connectivity index (χ1v) is 10.2. The fourth-order valence-corrected chi connectivity index (χ4v) is 3.03. The summed E-state index contributed by atoms with van der Waals surface area (Å²) < 4.78 is 5.59. The number of amides is 2. The van der Waals surface area contributed by atoms with Gasteiger partial charge in [-0.25, -0.2) is 0 Å². The first-order valence-electron chi connectivity index (χ1n) is 9.81. The molecule has 3 rings (SSSR count). The Labute approximate surface area is 199 Å². The Morgan fingerprint density at radius 3 is 2.44 bits per heavy atom. The van der Waals surface area contributed by atoms with Gasteiger partial charge in [-0.05, 0) is 30.3 Å². The van der Waals surface area contributed by atoms with Gasteiger partial charge < -0.3 is 15.4 Å². The number of nitro groups is 1. The van der Waals surface area contributed by atoms with E-state index >= 15 is 0 Å². The summed E-state index contributed by atoms with van der Waals surface area (Å²) in [5.74, 6) is -0.856. The highest BCUT2D eigenvalue weighted by Gasteiger charge is 2.15. The predicted octanol–water partition coefficient (Wildman–Crippen LogP) is 4.81. The highest BCUT2D eigenvalue weighted by atomic mass is 35.5. The zero-order chi connectivity index (χ0) is 24.5. The van der Waals surface area contributed by atoms with Crippen molar-refractivity contribution < 1.29 is 19.2 Å². The van der Waals surface area contributed by atoms with Crippen LogP contribution in [-0.4, -0.2) is 23.3 Å². The molecule has 0 aliphatic carbocycles. The molecule has 0 spiro atoms. The summed E-state index contributed by atoms with van der Waals surface area (Å²) in [6, 6.07) is 20.8. The first kappa shape index (κ1) is 24.0. The van der Waals surface area contributed by atoms with Crippen LogP contribution in [0.3, 0.4) is 0 Å². The number of hydrogen-bond donors (Lipinski definition) is 2. The molecule has 0 saturated heterocycles. The second-order valence-corrected chi connectivity index (χ2v) is 7.19. The number of nitriles is 1. The number of carbonyl (C=O) groups excluding carboxylic acids is 2. The van der Waals surface area contributed by atoms with Gasteiger partial charge in [0.05, 0.1) is 15.6 Å². The zero-order valence-electron chi connectivity index (χ0n) is 17.5. The van der Waals surface area contributed by atoms with Gasteiger partial charge in [-0.3, -0.25) is 19.7 Å². The number of nitro benzene ring substituents is 1. The number of benzene rings is 3. The maximum atomic E-state index is 12.6. The molecule has 10 heteroatoms. The number of nitrogens with zero attached hydrogens (tertiary/aromatic N) is 2. The van der Waals surface area contributed by atoms with Crippen molar-refractivity contribution in [1.82, 2.24) is 0 Å². The highest BCUT2D eigenvalue weighted by molar-refractivity contribution is 6.34. The van der Waals surface area contributed by atoms with Crippen LogP contribution in [0.1, 0.15) is 5.56 Å². The molecular formula is C24H17ClN4O5. The van der Waals surface area contributed by atoms with Gasteiger partial charge in [0, 0.05) is 23.4 Å². The molecule has 0 aliphatic rings.